The number of nitrogens with one attached hydrogen (secondary N) is 1. The molecule has 1 fully saturated rings. The molecule has 0 aromatic heterocycles. The number of hydrazone groups is 1. The van der Waals surface area contributed by atoms with Crippen LogP contribution in [0.1, 0.15) is 49.7 Å². The summed E-state index contributed by atoms with van der Waals surface area (Å²) in [6.07, 6.45) is 9.29. The summed E-state index contributed by atoms with van der Waals surface area (Å²) in [6, 6.07) is 6.11. The van der Waals surface area contributed by atoms with Crippen molar-refractivity contribution in [2.75, 3.05) is 5.32 Å². The highest BCUT2D eigenvalue weighted by molar-refractivity contribution is 6.53. The smallest absolute Gasteiger partial charge is 0.276 e. The normalized spacial score (nSPS) is 21.0. The van der Waals surface area contributed by atoms with E-state index in [1.807, 2.05) is 6.07 Å². The number of aryl methyl sites for hydroxylation is 1. The number of benzene rings is 1. The molecule has 1 heterocycles. The van der Waals surface area contributed by atoms with Crippen LogP contribution in [0.2, 0.25) is 0 Å². The zero-order valence-corrected chi connectivity index (χ0v) is 11.7. The number of carbonyl (C=O) groups is 1. The first-order chi connectivity index (χ1) is 9.78. The highest BCUT2D eigenvalue weighted by Crippen LogP contribution is 2.29. The maximum absolute atomic E-state index is 11.7. The molecule has 4 nitrogen and oxygen atoms in total. The second kappa shape index (κ2) is 5.65. The van der Waals surface area contributed by atoms with Gasteiger partial charge in [-0.05, 0) is 30.4 Å². The number of nitrogens with two attached hydrogens (primary N) is 1. The molecule has 1 aliphatic heterocycles. The molecule has 1 aliphatic carbocycles. The van der Waals surface area contributed by atoms with E-state index >= 15 is 0 Å². The van der Waals surface area contributed by atoms with Gasteiger partial charge in [-0.25, -0.2) is 0 Å². The van der Waals surface area contributed by atoms with Crippen LogP contribution in [-0.4, -0.2) is 11.6 Å². The number of hydrogen-bond acceptors (Lipinski definition) is 3. The van der Waals surface area contributed by atoms with E-state index in [4.69, 9.17) is 5.84 Å². The molecule has 2 aliphatic rings. The molecule has 1 amide bonds. The lowest BCUT2D eigenvalue weighted by Gasteiger charge is -2.21. The van der Waals surface area contributed by atoms with E-state index in [1.54, 1.807) is 0 Å². The Morgan fingerprint density at radius 1 is 1.25 bits per heavy atom. The molecule has 0 spiro atoms. The Bertz CT molecular complexity index is 545. The SMILES string of the molecule is NN=C1C(=O)Nc2cc(CCC3CCCCC3)ccc21. The van der Waals surface area contributed by atoms with Crippen molar-refractivity contribution in [3.05, 3.63) is 29.3 Å². The van der Waals surface area contributed by atoms with Crippen molar-refractivity contribution in [3.63, 3.8) is 0 Å². The summed E-state index contributed by atoms with van der Waals surface area (Å²) in [7, 11) is 0. The van der Waals surface area contributed by atoms with Crippen molar-refractivity contribution in [2.24, 2.45) is 16.9 Å². The molecule has 20 heavy (non-hydrogen) atoms. The highest BCUT2D eigenvalue weighted by atomic mass is 16.2. The van der Waals surface area contributed by atoms with Crippen LogP contribution < -0.4 is 11.2 Å². The third kappa shape index (κ3) is 2.55. The summed E-state index contributed by atoms with van der Waals surface area (Å²) in [5.41, 5.74) is 3.28. The van der Waals surface area contributed by atoms with Gasteiger partial charge in [-0.15, -0.1) is 0 Å². The first-order valence-electron chi connectivity index (χ1n) is 7.50. The Labute approximate surface area is 119 Å². The monoisotopic (exact) mass is 271 g/mol. The standard InChI is InChI=1S/C16H21N3O/c17-19-15-13-9-8-12(10-14(13)18-16(15)20)7-6-11-4-2-1-3-5-11/h8-11H,1-7,17H2,(H,18,19,20). The van der Waals surface area contributed by atoms with E-state index in [9.17, 15) is 4.79 Å². The average molecular weight is 271 g/mol. The molecule has 0 unspecified atom stereocenters. The molecule has 0 radical (unpaired) electrons. The first-order valence-corrected chi connectivity index (χ1v) is 7.50. The van der Waals surface area contributed by atoms with Crippen LogP contribution in [-0.2, 0) is 11.2 Å². The molecule has 1 aromatic rings. The van der Waals surface area contributed by atoms with E-state index < -0.39 is 0 Å². The fourth-order valence-electron chi connectivity index (χ4n) is 3.34. The fraction of sp³-hybridized carbons (Fsp3) is 0.500. The molecular formula is C16H21N3O. The van der Waals surface area contributed by atoms with E-state index in [1.165, 1.54) is 44.1 Å². The largest absolute Gasteiger partial charge is 0.322 e. The molecule has 1 aromatic carbocycles. The molecule has 106 valence electrons. The van der Waals surface area contributed by atoms with Gasteiger partial charge in [0.05, 0.1) is 5.69 Å². The van der Waals surface area contributed by atoms with Crippen molar-refractivity contribution in [2.45, 2.75) is 44.9 Å². The lowest BCUT2D eigenvalue weighted by atomic mass is 9.85. The number of nitrogens with zero attached hydrogens (tertiary/aromatic N) is 1. The summed E-state index contributed by atoms with van der Waals surface area (Å²) in [4.78, 5) is 11.7. The molecule has 3 rings (SSSR count). The minimum Gasteiger partial charge on any atom is -0.322 e. The number of carbonyl (C=O) groups excluding carboxylic acids is 1. The molecule has 0 saturated heterocycles. The maximum atomic E-state index is 11.7. The van der Waals surface area contributed by atoms with Crippen molar-refractivity contribution >= 4 is 17.3 Å². The Morgan fingerprint density at radius 3 is 2.80 bits per heavy atom. The van der Waals surface area contributed by atoms with Crippen molar-refractivity contribution in [3.8, 4) is 0 Å². The Balaban J connectivity index is 1.67. The van der Waals surface area contributed by atoms with Gasteiger partial charge >= 0.3 is 0 Å². The summed E-state index contributed by atoms with van der Waals surface area (Å²) < 4.78 is 0. The van der Waals surface area contributed by atoms with Gasteiger partial charge in [0, 0.05) is 5.56 Å². The minimum atomic E-state index is -0.202. The van der Waals surface area contributed by atoms with E-state index in [0.717, 1.165) is 23.6 Å². The molecule has 0 atom stereocenters. The fourth-order valence-corrected chi connectivity index (χ4v) is 3.34. The lowest BCUT2D eigenvalue weighted by molar-refractivity contribution is -0.110. The Kier molecular flexibility index (Phi) is 3.72. The second-order valence-corrected chi connectivity index (χ2v) is 5.85. The number of rotatable bonds is 3. The van der Waals surface area contributed by atoms with E-state index in [-0.39, 0.29) is 5.91 Å². The van der Waals surface area contributed by atoms with Crippen molar-refractivity contribution in [1.29, 1.82) is 0 Å². The molecule has 0 bridgehead atoms. The Hall–Kier alpha value is -1.84. The maximum Gasteiger partial charge on any atom is 0.276 e. The minimum absolute atomic E-state index is 0.202. The zero-order valence-electron chi connectivity index (χ0n) is 11.7. The van der Waals surface area contributed by atoms with Crippen molar-refractivity contribution < 1.29 is 4.79 Å². The van der Waals surface area contributed by atoms with Crippen LogP contribution in [0.15, 0.2) is 23.3 Å². The van der Waals surface area contributed by atoms with E-state index in [0.29, 0.717) is 5.71 Å². The molecule has 4 heteroatoms. The molecule has 1 saturated carbocycles. The van der Waals surface area contributed by atoms with Gasteiger partial charge in [0.1, 0.15) is 0 Å². The van der Waals surface area contributed by atoms with Gasteiger partial charge in [-0.2, -0.15) is 5.10 Å². The number of anilines is 1. The van der Waals surface area contributed by atoms with Gasteiger partial charge in [0.2, 0.25) is 0 Å². The predicted octanol–water partition coefficient (Wildman–Crippen LogP) is 2.81. The highest BCUT2D eigenvalue weighted by Gasteiger charge is 2.25. The topological polar surface area (TPSA) is 67.5 Å². The van der Waals surface area contributed by atoms with Crippen molar-refractivity contribution in [1.82, 2.24) is 0 Å². The number of amides is 1. The van der Waals surface area contributed by atoms with Crippen LogP contribution >= 0.6 is 0 Å². The predicted molar refractivity (Wildman–Crippen MR) is 80.7 cm³/mol. The van der Waals surface area contributed by atoms with Crippen LogP contribution in [0, 0.1) is 5.92 Å². The van der Waals surface area contributed by atoms with Gasteiger partial charge in [0.25, 0.3) is 5.91 Å². The van der Waals surface area contributed by atoms with Gasteiger partial charge in [-0.1, -0.05) is 44.2 Å². The van der Waals surface area contributed by atoms with Gasteiger partial charge in [0.15, 0.2) is 5.71 Å². The van der Waals surface area contributed by atoms with Gasteiger partial charge in [-0.3, -0.25) is 4.79 Å². The quantitative estimate of drug-likeness (QED) is 0.655. The summed E-state index contributed by atoms with van der Waals surface area (Å²) in [5, 5.41) is 6.39. The zero-order chi connectivity index (χ0) is 13.9. The number of fused-ring (bicyclic) bond motifs is 1. The summed E-state index contributed by atoms with van der Waals surface area (Å²) >= 11 is 0. The lowest BCUT2D eigenvalue weighted by Crippen LogP contribution is -2.15. The third-order valence-electron chi connectivity index (χ3n) is 4.50. The summed E-state index contributed by atoms with van der Waals surface area (Å²) in [6.45, 7) is 0. The average Bonchev–Trinajstić information content (AvgIpc) is 2.80. The Morgan fingerprint density at radius 2 is 2.05 bits per heavy atom. The van der Waals surface area contributed by atoms with Crippen LogP contribution in [0.4, 0.5) is 5.69 Å². The number of hydrogen-bond donors (Lipinski definition) is 2. The van der Waals surface area contributed by atoms with Gasteiger partial charge < -0.3 is 11.2 Å². The van der Waals surface area contributed by atoms with Crippen LogP contribution in [0.3, 0.4) is 0 Å². The van der Waals surface area contributed by atoms with Crippen LogP contribution in [0.5, 0.6) is 0 Å². The molecule has 3 N–H and O–H groups in total. The second-order valence-electron chi connectivity index (χ2n) is 5.85. The van der Waals surface area contributed by atoms with E-state index in [2.05, 4.69) is 22.6 Å². The van der Waals surface area contributed by atoms with Crippen LogP contribution in [0.25, 0.3) is 0 Å². The first kappa shape index (κ1) is 13.2. The third-order valence-corrected chi connectivity index (χ3v) is 4.50. The molecular weight excluding hydrogens is 250 g/mol. The summed E-state index contributed by atoms with van der Waals surface area (Å²) in [5.74, 6) is 5.94.